The summed E-state index contributed by atoms with van der Waals surface area (Å²) >= 11 is 1.64. The highest BCUT2D eigenvalue weighted by molar-refractivity contribution is 7.99. The number of ether oxygens (including phenoxy) is 2. The number of nitrogens with two attached hydrogens (primary N) is 1. The van der Waals surface area contributed by atoms with E-state index in [4.69, 9.17) is 15.3 Å². The number of carbonyl (C=O) groups excluding carboxylic acids is 2. The van der Waals surface area contributed by atoms with Crippen LogP contribution in [0.4, 0.5) is 0 Å². The Hall–Kier alpha value is -3.04. The molecular weight excluding hydrogens is 566 g/mol. The summed E-state index contributed by atoms with van der Waals surface area (Å²) in [5, 5.41) is 45.9. The number of benzene rings is 2. The summed E-state index contributed by atoms with van der Waals surface area (Å²) < 4.78 is 11.3. The molecule has 0 unspecified atom stereocenters. The molecule has 2 amide bonds. The van der Waals surface area contributed by atoms with Crippen LogP contribution in [-0.2, 0) is 19.1 Å². The van der Waals surface area contributed by atoms with E-state index >= 15 is 0 Å². The van der Waals surface area contributed by atoms with E-state index in [1.54, 1.807) is 36.0 Å². The summed E-state index contributed by atoms with van der Waals surface area (Å²) in [6.07, 6.45) is -6.78. The van der Waals surface area contributed by atoms with Crippen LogP contribution in [0.3, 0.4) is 0 Å². The smallest absolute Gasteiger partial charge is 0.364 e. The third-order valence-corrected chi connectivity index (χ3v) is 7.84. The van der Waals surface area contributed by atoms with Gasteiger partial charge in [0.25, 0.3) is 11.7 Å². The molecule has 0 spiro atoms. The van der Waals surface area contributed by atoms with Crippen molar-refractivity contribution < 1.29 is 44.3 Å². The number of carbonyl (C=O) groups is 3. The normalized spacial score (nSPS) is 23.5. The Labute approximate surface area is 248 Å². The molecule has 2 aromatic rings. The van der Waals surface area contributed by atoms with Crippen molar-refractivity contribution in [2.75, 3.05) is 24.7 Å². The zero-order chi connectivity index (χ0) is 30.9. The molecule has 230 valence electrons. The highest BCUT2D eigenvalue weighted by Gasteiger charge is 2.55. The van der Waals surface area contributed by atoms with Crippen molar-refractivity contribution in [3.8, 4) is 11.1 Å². The van der Waals surface area contributed by atoms with Gasteiger partial charge in [0.2, 0.25) is 5.91 Å². The van der Waals surface area contributed by atoms with Crippen LogP contribution in [-0.4, -0.2) is 104 Å². The highest BCUT2D eigenvalue weighted by atomic mass is 32.2. The van der Waals surface area contributed by atoms with Gasteiger partial charge in [-0.1, -0.05) is 49.4 Å². The Morgan fingerprint density at radius 1 is 1.14 bits per heavy atom. The van der Waals surface area contributed by atoms with Gasteiger partial charge >= 0.3 is 5.97 Å². The Morgan fingerprint density at radius 3 is 2.38 bits per heavy atom. The van der Waals surface area contributed by atoms with E-state index in [0.717, 1.165) is 16.9 Å². The number of aliphatic carboxylic acids is 1. The molecule has 0 radical (unpaired) electrons. The van der Waals surface area contributed by atoms with E-state index < -0.39 is 67.0 Å². The van der Waals surface area contributed by atoms with Crippen molar-refractivity contribution in [2.45, 2.75) is 62.9 Å². The van der Waals surface area contributed by atoms with Crippen LogP contribution in [0.1, 0.15) is 37.0 Å². The minimum Gasteiger partial charge on any atom is -0.477 e. The summed E-state index contributed by atoms with van der Waals surface area (Å²) in [4.78, 5) is 37.1. The number of nitrogens with one attached hydrogen (secondary N) is 1. The fraction of sp³-hybridized carbons (Fsp3) is 0.483. The molecule has 1 aliphatic rings. The molecule has 0 saturated carbocycles. The molecule has 3 rings (SSSR count). The molecule has 0 aromatic heterocycles. The van der Waals surface area contributed by atoms with E-state index in [0.29, 0.717) is 17.2 Å². The van der Waals surface area contributed by atoms with Crippen LogP contribution in [0, 0.1) is 0 Å². The van der Waals surface area contributed by atoms with Gasteiger partial charge in [-0.15, -0.1) is 0 Å². The first-order valence-corrected chi connectivity index (χ1v) is 14.8. The second kappa shape index (κ2) is 15.4. The number of aliphatic hydroxyl groups excluding tert-OH is 3. The van der Waals surface area contributed by atoms with E-state index in [-0.39, 0.29) is 12.2 Å². The Kier molecular flexibility index (Phi) is 12.3. The summed E-state index contributed by atoms with van der Waals surface area (Å²) in [5.74, 6) is 2.44. The van der Waals surface area contributed by atoms with Crippen molar-refractivity contribution in [3.05, 3.63) is 60.2 Å². The maximum absolute atomic E-state index is 13.0. The Balaban J connectivity index is 1.73. The summed E-state index contributed by atoms with van der Waals surface area (Å²) in [7, 11) is 0. The minimum atomic E-state index is -2.34. The number of carboxylic acid groups (broad SMARTS) is 1. The summed E-state index contributed by atoms with van der Waals surface area (Å²) in [5.41, 5.74) is 2.08. The van der Waals surface area contributed by atoms with Gasteiger partial charge in [0.1, 0.15) is 18.3 Å². The number of hydrogen-bond donors (Lipinski definition) is 6. The average molecular weight is 606 g/mol. The zero-order valence-corrected chi connectivity index (χ0v) is 24.4. The molecule has 1 aliphatic heterocycles. The SMILES string of the molecule is CCSCCCO[C@]1(C(=O)O)C[C@H](O)[C@@H](NC(C)=O)[C@H]([C@H](O)[C@H](O)CN(N)C(=O)c2ccc(-c3ccccc3)cc2)O1. The number of hydrazine groups is 1. The van der Waals surface area contributed by atoms with E-state index in [1.807, 2.05) is 37.3 Å². The second-order valence-electron chi connectivity index (χ2n) is 10.00. The van der Waals surface area contributed by atoms with Crippen molar-refractivity contribution >= 4 is 29.5 Å². The predicted molar refractivity (Wildman–Crippen MR) is 156 cm³/mol. The maximum atomic E-state index is 13.0. The van der Waals surface area contributed by atoms with Crippen molar-refractivity contribution in [2.24, 2.45) is 5.84 Å². The molecule has 1 fully saturated rings. The van der Waals surface area contributed by atoms with Gasteiger partial charge in [0.05, 0.1) is 25.3 Å². The average Bonchev–Trinajstić information content (AvgIpc) is 2.97. The number of thioether (sulfide) groups is 1. The van der Waals surface area contributed by atoms with Gasteiger partial charge in [0, 0.05) is 18.9 Å². The number of carboxylic acids is 1. The van der Waals surface area contributed by atoms with Gasteiger partial charge in [-0.3, -0.25) is 14.6 Å². The third kappa shape index (κ3) is 8.51. The van der Waals surface area contributed by atoms with Gasteiger partial charge in [-0.2, -0.15) is 11.8 Å². The molecule has 6 atom stereocenters. The molecule has 42 heavy (non-hydrogen) atoms. The monoisotopic (exact) mass is 605 g/mol. The quantitative estimate of drug-likeness (QED) is 0.0779. The Bertz CT molecular complexity index is 1190. The first kappa shape index (κ1) is 33.5. The van der Waals surface area contributed by atoms with Gasteiger partial charge < -0.3 is 35.2 Å². The summed E-state index contributed by atoms with van der Waals surface area (Å²) in [6.45, 7) is 2.59. The predicted octanol–water partition coefficient (Wildman–Crippen LogP) is 0.987. The van der Waals surface area contributed by atoms with E-state index in [2.05, 4.69) is 5.32 Å². The van der Waals surface area contributed by atoms with E-state index in [9.17, 15) is 34.8 Å². The largest absolute Gasteiger partial charge is 0.477 e. The highest BCUT2D eigenvalue weighted by Crippen LogP contribution is 2.34. The molecule has 12 nitrogen and oxygen atoms in total. The van der Waals surface area contributed by atoms with Gasteiger partial charge in [-0.25, -0.2) is 10.6 Å². The first-order valence-electron chi connectivity index (χ1n) is 13.6. The Morgan fingerprint density at radius 2 is 1.79 bits per heavy atom. The van der Waals surface area contributed by atoms with Crippen LogP contribution >= 0.6 is 11.8 Å². The second-order valence-corrected chi connectivity index (χ2v) is 11.4. The lowest BCUT2D eigenvalue weighted by molar-refractivity contribution is -0.310. The topological polar surface area (TPSA) is 192 Å². The van der Waals surface area contributed by atoms with Crippen LogP contribution in [0.15, 0.2) is 54.6 Å². The lowest BCUT2D eigenvalue weighted by Crippen LogP contribution is -2.68. The van der Waals surface area contributed by atoms with Crippen molar-refractivity contribution in [1.29, 1.82) is 0 Å². The number of hydrogen-bond acceptors (Lipinski definition) is 10. The maximum Gasteiger partial charge on any atom is 0.364 e. The number of aliphatic hydroxyl groups is 3. The molecule has 7 N–H and O–H groups in total. The molecule has 0 bridgehead atoms. The van der Waals surface area contributed by atoms with Crippen LogP contribution in [0.25, 0.3) is 11.1 Å². The van der Waals surface area contributed by atoms with E-state index in [1.165, 1.54) is 6.92 Å². The minimum absolute atomic E-state index is 0.00364. The lowest BCUT2D eigenvalue weighted by atomic mass is 9.88. The van der Waals surface area contributed by atoms with Gasteiger partial charge in [0.15, 0.2) is 0 Å². The van der Waals surface area contributed by atoms with Crippen LogP contribution in [0.5, 0.6) is 0 Å². The summed E-state index contributed by atoms with van der Waals surface area (Å²) in [6, 6.07) is 14.9. The van der Waals surface area contributed by atoms with Crippen molar-refractivity contribution in [1.82, 2.24) is 10.3 Å². The number of rotatable bonds is 14. The standard InChI is InChI=1S/C29H39N3O9S/c1-3-42-15-7-14-40-29(28(38)39)16-22(34)24(31-18(2)33)26(41-29)25(36)23(35)17-32(30)27(37)21-12-10-20(11-13-21)19-8-5-4-6-9-19/h4-6,8-13,22-26,34-36H,3,7,14-17,30H2,1-2H3,(H,31,33)(H,38,39)/t22-,23+,24+,25+,26+,29+/m0/s1. The molecule has 1 heterocycles. The molecule has 0 aliphatic carbocycles. The molecule has 2 aromatic carbocycles. The zero-order valence-electron chi connectivity index (χ0n) is 23.6. The number of amides is 2. The first-order chi connectivity index (χ1) is 20.0. The fourth-order valence-electron chi connectivity index (χ4n) is 4.71. The third-order valence-electron chi connectivity index (χ3n) is 6.86. The molecule has 1 saturated heterocycles. The van der Waals surface area contributed by atoms with Gasteiger partial charge in [-0.05, 0) is 41.2 Å². The van der Waals surface area contributed by atoms with Crippen molar-refractivity contribution in [3.63, 3.8) is 0 Å². The molecular formula is C29H39N3O9S. The van der Waals surface area contributed by atoms with Crippen LogP contribution < -0.4 is 11.2 Å². The van der Waals surface area contributed by atoms with Crippen LogP contribution in [0.2, 0.25) is 0 Å². The number of nitrogens with zero attached hydrogens (tertiary/aromatic N) is 1. The lowest BCUT2D eigenvalue weighted by Gasteiger charge is -2.46. The fourth-order valence-corrected chi connectivity index (χ4v) is 5.32. The molecule has 13 heteroatoms.